The van der Waals surface area contributed by atoms with Gasteiger partial charge >= 0.3 is 18.2 Å². The lowest BCUT2D eigenvalue weighted by Crippen LogP contribution is -2.37. The van der Waals surface area contributed by atoms with E-state index in [9.17, 15) is 36.4 Å². The predicted octanol–water partition coefficient (Wildman–Crippen LogP) is 5.62. The molecule has 0 bridgehead atoms. The number of hydrogen-bond donors (Lipinski definition) is 1. The van der Waals surface area contributed by atoms with Gasteiger partial charge in [0, 0.05) is 12.5 Å². The molecule has 0 aliphatic carbocycles. The molecule has 0 aliphatic rings. The second kappa shape index (κ2) is 15.5. The molecule has 260 valence electrons. The first-order valence-electron chi connectivity index (χ1n) is 14.6. The summed E-state index contributed by atoms with van der Waals surface area (Å²) in [7, 11) is -4.46. The fourth-order valence-corrected chi connectivity index (χ4v) is 5.08. The van der Waals surface area contributed by atoms with Gasteiger partial charge in [-0.25, -0.2) is 27.4 Å². The van der Waals surface area contributed by atoms with Gasteiger partial charge in [0.1, 0.15) is 13.2 Å². The summed E-state index contributed by atoms with van der Waals surface area (Å²) in [5, 5.41) is 20.4. The molecule has 0 spiro atoms. The summed E-state index contributed by atoms with van der Waals surface area (Å²) >= 11 is 0. The number of sulfonamides is 1. The predicted molar refractivity (Wildman–Crippen MR) is 166 cm³/mol. The van der Waals surface area contributed by atoms with Crippen molar-refractivity contribution < 1.29 is 50.5 Å². The van der Waals surface area contributed by atoms with E-state index in [2.05, 4.69) is 10.4 Å². The van der Waals surface area contributed by atoms with Gasteiger partial charge in [0.25, 0.3) is 16.3 Å². The van der Waals surface area contributed by atoms with Crippen LogP contribution in [0.25, 0.3) is 16.9 Å². The zero-order valence-electron chi connectivity index (χ0n) is 26.3. The normalized spacial score (nSPS) is 12.6. The van der Waals surface area contributed by atoms with Crippen LogP contribution in [0.3, 0.4) is 0 Å². The summed E-state index contributed by atoms with van der Waals surface area (Å²) in [5.74, 6) is -0.692. The van der Waals surface area contributed by atoms with Gasteiger partial charge in [-0.2, -0.15) is 18.3 Å². The van der Waals surface area contributed by atoms with E-state index >= 15 is 0 Å². The molecule has 3 aromatic carbocycles. The fourth-order valence-electron chi connectivity index (χ4n) is 4.19. The maximum atomic E-state index is 13.5. The molecule has 1 atom stereocenters. The number of hydrazine groups is 1. The van der Waals surface area contributed by atoms with Gasteiger partial charge < -0.3 is 14.7 Å². The number of benzene rings is 3. The Bertz CT molecular complexity index is 1890. The molecule has 1 aromatic heterocycles. The molecule has 4 rings (SSSR count). The van der Waals surface area contributed by atoms with E-state index in [0.29, 0.717) is 5.56 Å². The number of carbonyl (C=O) groups is 2. The van der Waals surface area contributed by atoms with E-state index < -0.39 is 46.9 Å². The molecule has 49 heavy (non-hydrogen) atoms. The summed E-state index contributed by atoms with van der Waals surface area (Å²) in [6.07, 6.45) is -7.29. The minimum Gasteiger partial charge on any atom is -0.569 e. The third-order valence-electron chi connectivity index (χ3n) is 6.69. The van der Waals surface area contributed by atoms with E-state index in [1.807, 2.05) is 6.92 Å². The lowest BCUT2D eigenvalue weighted by Gasteiger charge is -2.17. The number of nitrogens with zero attached hydrogens (tertiary/aromatic N) is 5. The highest BCUT2D eigenvalue weighted by molar-refractivity contribution is 7.90. The summed E-state index contributed by atoms with van der Waals surface area (Å²) in [5.41, 5.74) is 0.751. The van der Waals surface area contributed by atoms with Crippen LogP contribution in [0, 0.1) is 12.1 Å². The second-order valence-corrected chi connectivity index (χ2v) is 11.9. The monoisotopic (exact) mass is 704 g/mol. The number of amides is 1. The number of halogens is 3. The molecule has 1 unspecified atom stereocenters. The van der Waals surface area contributed by atoms with E-state index in [1.54, 1.807) is 54.1 Å². The molecule has 0 saturated heterocycles. The van der Waals surface area contributed by atoms with Gasteiger partial charge in [0.05, 0.1) is 33.4 Å². The molecule has 4 aromatic rings. The maximum absolute atomic E-state index is 13.5. The van der Waals surface area contributed by atoms with Crippen molar-refractivity contribution in [3.8, 4) is 16.9 Å². The minimum absolute atomic E-state index is 0.0495. The molecule has 0 aliphatic heterocycles. The first-order valence-corrected chi connectivity index (χ1v) is 16.1. The van der Waals surface area contributed by atoms with Crippen molar-refractivity contribution in [2.75, 3.05) is 19.7 Å². The van der Waals surface area contributed by atoms with Gasteiger partial charge in [-0.05, 0) is 56.3 Å². The Hall–Kier alpha value is -5.65. The molecular formula is C31H31F3N6O8S. The highest BCUT2D eigenvalue weighted by atomic mass is 32.2. The Balaban J connectivity index is 1.33. The first kappa shape index (κ1) is 36.2. The van der Waals surface area contributed by atoms with Crippen molar-refractivity contribution in [3.63, 3.8) is 0 Å². The number of aromatic nitrogens is 2. The topological polar surface area (TPSA) is 167 Å². The summed E-state index contributed by atoms with van der Waals surface area (Å²) in [4.78, 5) is 28.9. The second-order valence-electron chi connectivity index (χ2n) is 10.3. The molecule has 14 nitrogen and oxygen atoms in total. The number of rotatable bonds is 13. The zero-order valence-corrected chi connectivity index (χ0v) is 27.1. The molecule has 0 fully saturated rings. The van der Waals surface area contributed by atoms with Crippen molar-refractivity contribution in [2.24, 2.45) is 5.28 Å². The highest BCUT2D eigenvalue weighted by Gasteiger charge is 2.35. The van der Waals surface area contributed by atoms with Crippen LogP contribution < -0.4 is 4.72 Å². The van der Waals surface area contributed by atoms with Crippen LogP contribution in [-0.2, 0) is 30.5 Å². The number of carbonyl (C=O) groups excluding carboxylic acids is 2. The molecule has 1 amide bonds. The van der Waals surface area contributed by atoms with Crippen molar-refractivity contribution >= 4 is 22.1 Å². The first-order chi connectivity index (χ1) is 23.2. The van der Waals surface area contributed by atoms with Crippen LogP contribution in [0.1, 0.15) is 35.5 Å². The van der Waals surface area contributed by atoms with Crippen LogP contribution in [0.2, 0.25) is 0 Å². The Kier molecular flexibility index (Phi) is 11.4. The molecule has 0 saturated carbocycles. The summed E-state index contributed by atoms with van der Waals surface area (Å²) in [6.45, 7) is 4.18. The standard InChI is InChI=1S/C31H31F3N6O8S/c1-4-38(40(43)37-48-22(3)47-29(41)24-8-6-5-7-9-24)18-19-46-30(42)36-49(44,45)26-16-14-25(15-17-26)39-27(20-28(35-39)31(32,33)34)23-12-10-21(2)11-13-23/h5-17,20,22H,4,18-19H2,1-3H3,(H,36,42)/b40-37-. The quantitative estimate of drug-likeness (QED) is 0.0607. The molecule has 0 radical (unpaired) electrons. The Morgan fingerprint density at radius 1 is 1.06 bits per heavy atom. The Morgan fingerprint density at radius 2 is 1.71 bits per heavy atom. The van der Waals surface area contributed by atoms with Crippen LogP contribution in [-0.4, -0.2) is 66.2 Å². The van der Waals surface area contributed by atoms with Crippen molar-refractivity contribution in [1.29, 1.82) is 0 Å². The van der Waals surface area contributed by atoms with Crippen LogP contribution in [0.15, 0.2) is 95.1 Å². The van der Waals surface area contributed by atoms with Gasteiger partial charge in [-0.3, -0.25) is 4.84 Å². The Morgan fingerprint density at radius 3 is 2.33 bits per heavy atom. The lowest BCUT2D eigenvalue weighted by atomic mass is 10.1. The third kappa shape index (κ3) is 9.69. The van der Waals surface area contributed by atoms with E-state index in [0.717, 1.165) is 33.5 Å². The summed E-state index contributed by atoms with van der Waals surface area (Å²) in [6, 6.07) is 20.4. The van der Waals surface area contributed by atoms with Crippen molar-refractivity contribution in [2.45, 2.75) is 38.1 Å². The van der Waals surface area contributed by atoms with Gasteiger partial charge in [0.15, 0.2) is 5.69 Å². The largest absolute Gasteiger partial charge is 0.569 e. The fraction of sp³-hybridized carbons (Fsp3) is 0.258. The number of aryl methyl sites for hydroxylation is 1. The van der Waals surface area contributed by atoms with Crippen LogP contribution in [0.4, 0.5) is 18.0 Å². The van der Waals surface area contributed by atoms with E-state index in [-0.39, 0.29) is 39.9 Å². The average molecular weight is 705 g/mol. The number of ether oxygens (including phenoxy) is 2. The third-order valence-corrected chi connectivity index (χ3v) is 8.02. The van der Waals surface area contributed by atoms with Crippen LogP contribution in [0.5, 0.6) is 0 Å². The SMILES string of the molecule is CCN(CCOC(=O)NS(=O)(=O)c1ccc(-n2nc(C(F)(F)F)cc2-c2ccc(C)cc2)cc1)/[N+]([O-])=N/OC(C)OC(=O)c1ccccc1. The highest BCUT2D eigenvalue weighted by Crippen LogP contribution is 2.33. The van der Waals surface area contributed by atoms with E-state index in [1.165, 1.54) is 31.2 Å². The summed E-state index contributed by atoms with van der Waals surface area (Å²) < 4.78 is 78.8. The number of esters is 1. The number of likely N-dealkylation sites (N-methyl/N-ethyl adjacent to an activating group) is 1. The average Bonchev–Trinajstić information content (AvgIpc) is 3.53. The van der Waals surface area contributed by atoms with Crippen molar-refractivity contribution in [3.05, 3.63) is 107 Å². The van der Waals surface area contributed by atoms with Gasteiger partial charge in [-0.15, -0.1) is 5.01 Å². The van der Waals surface area contributed by atoms with Gasteiger partial charge in [0.2, 0.25) is 5.28 Å². The van der Waals surface area contributed by atoms with Crippen LogP contribution >= 0.6 is 0 Å². The number of nitrogens with one attached hydrogen (secondary N) is 1. The minimum atomic E-state index is -4.72. The van der Waals surface area contributed by atoms with E-state index in [4.69, 9.17) is 14.3 Å². The zero-order chi connectivity index (χ0) is 35.8. The smallest absolute Gasteiger partial charge is 0.435 e. The maximum Gasteiger partial charge on any atom is 0.435 e. The number of hydrogen-bond acceptors (Lipinski definition) is 10. The number of alkyl halides is 3. The molecule has 18 heteroatoms. The van der Waals surface area contributed by atoms with Gasteiger partial charge in [-0.1, -0.05) is 48.0 Å². The molecule has 1 N–H and O–H groups in total. The molecular weight excluding hydrogens is 673 g/mol. The van der Waals surface area contributed by atoms with Crippen molar-refractivity contribution in [1.82, 2.24) is 19.5 Å². The molecule has 1 heterocycles. The Labute approximate surface area is 278 Å². The lowest BCUT2D eigenvalue weighted by molar-refractivity contribution is -0.712.